The third kappa shape index (κ3) is 6.30. The van der Waals surface area contributed by atoms with Gasteiger partial charge in [0.1, 0.15) is 0 Å². The number of hydrogen-bond acceptors (Lipinski definition) is 1. The van der Waals surface area contributed by atoms with E-state index in [1.807, 2.05) is 6.26 Å². The second kappa shape index (κ2) is 11.2. The van der Waals surface area contributed by atoms with E-state index in [1.54, 1.807) is 5.57 Å². The zero-order valence-corrected chi connectivity index (χ0v) is 15.7. The molecule has 0 aliphatic heterocycles. The summed E-state index contributed by atoms with van der Waals surface area (Å²) >= 11 is 0. The van der Waals surface area contributed by atoms with Crippen LogP contribution >= 0.6 is 0 Å². The molecule has 1 unspecified atom stereocenters. The molecule has 0 radical (unpaired) electrons. The highest BCUT2D eigenvalue weighted by atomic mass is 28.4. The normalized spacial score (nSPS) is 14.8. The van der Waals surface area contributed by atoms with Gasteiger partial charge in [0, 0.05) is 5.92 Å². The SMILES string of the molecule is CC/C=C(\CC)C(/C=C/O[Si](CC)(CC)CC)CCC. The highest BCUT2D eigenvalue weighted by molar-refractivity contribution is 6.73. The van der Waals surface area contributed by atoms with E-state index >= 15 is 0 Å². The Morgan fingerprint density at radius 1 is 1.00 bits per heavy atom. The van der Waals surface area contributed by atoms with E-state index in [0.717, 1.165) is 12.8 Å². The average molecular weight is 297 g/mol. The molecule has 0 heterocycles. The van der Waals surface area contributed by atoms with Gasteiger partial charge in [-0.3, -0.25) is 0 Å². The van der Waals surface area contributed by atoms with Gasteiger partial charge in [-0.1, -0.05) is 59.6 Å². The first-order valence-electron chi connectivity index (χ1n) is 8.66. The van der Waals surface area contributed by atoms with E-state index in [1.165, 1.54) is 31.0 Å². The maximum Gasteiger partial charge on any atom is 0.249 e. The zero-order valence-electron chi connectivity index (χ0n) is 14.7. The van der Waals surface area contributed by atoms with Crippen molar-refractivity contribution >= 4 is 8.32 Å². The van der Waals surface area contributed by atoms with Gasteiger partial charge >= 0.3 is 0 Å². The highest BCUT2D eigenvalue weighted by Gasteiger charge is 2.29. The van der Waals surface area contributed by atoms with Crippen LogP contribution < -0.4 is 0 Å². The molecule has 118 valence electrons. The third-order valence-electron chi connectivity index (χ3n) is 4.51. The monoisotopic (exact) mass is 296 g/mol. The first-order chi connectivity index (χ1) is 9.62. The lowest BCUT2D eigenvalue weighted by Gasteiger charge is -2.27. The summed E-state index contributed by atoms with van der Waals surface area (Å²) < 4.78 is 6.26. The summed E-state index contributed by atoms with van der Waals surface area (Å²) in [5.41, 5.74) is 1.57. The van der Waals surface area contributed by atoms with Crippen LogP contribution in [0.5, 0.6) is 0 Å². The summed E-state index contributed by atoms with van der Waals surface area (Å²) in [6.07, 6.45) is 11.5. The van der Waals surface area contributed by atoms with Crippen molar-refractivity contribution < 1.29 is 4.43 Å². The van der Waals surface area contributed by atoms with Crippen molar-refractivity contribution in [3.8, 4) is 0 Å². The quantitative estimate of drug-likeness (QED) is 0.234. The van der Waals surface area contributed by atoms with Gasteiger partial charge < -0.3 is 4.43 Å². The van der Waals surface area contributed by atoms with Gasteiger partial charge in [-0.15, -0.1) is 0 Å². The minimum Gasteiger partial charge on any atom is -0.549 e. The molecule has 20 heavy (non-hydrogen) atoms. The van der Waals surface area contributed by atoms with Crippen molar-refractivity contribution in [1.29, 1.82) is 0 Å². The molecule has 0 bridgehead atoms. The first kappa shape index (κ1) is 19.5. The molecule has 0 aliphatic carbocycles. The molecule has 0 aromatic heterocycles. The van der Waals surface area contributed by atoms with Gasteiger partial charge in [0.15, 0.2) is 0 Å². The van der Waals surface area contributed by atoms with Crippen LogP contribution in [0.4, 0.5) is 0 Å². The Kier molecular flexibility index (Phi) is 10.9. The molecular formula is C18H36OSi. The fourth-order valence-electron chi connectivity index (χ4n) is 2.81. The van der Waals surface area contributed by atoms with Crippen molar-refractivity contribution in [3.05, 3.63) is 24.0 Å². The lowest BCUT2D eigenvalue weighted by atomic mass is 9.92. The van der Waals surface area contributed by atoms with Gasteiger partial charge in [0.25, 0.3) is 0 Å². The number of allylic oxidation sites excluding steroid dienone is 3. The number of rotatable bonds is 11. The van der Waals surface area contributed by atoms with Crippen LogP contribution in [0, 0.1) is 5.92 Å². The molecule has 0 aromatic rings. The van der Waals surface area contributed by atoms with E-state index in [0.29, 0.717) is 5.92 Å². The van der Waals surface area contributed by atoms with E-state index in [9.17, 15) is 0 Å². The van der Waals surface area contributed by atoms with E-state index in [2.05, 4.69) is 53.7 Å². The highest BCUT2D eigenvalue weighted by Crippen LogP contribution is 2.25. The van der Waals surface area contributed by atoms with Crippen molar-refractivity contribution in [1.82, 2.24) is 0 Å². The molecule has 0 rings (SSSR count). The summed E-state index contributed by atoms with van der Waals surface area (Å²) in [5, 5.41) is 0. The minimum absolute atomic E-state index is 0.571. The lowest BCUT2D eigenvalue weighted by Crippen LogP contribution is -2.33. The summed E-state index contributed by atoms with van der Waals surface area (Å²) in [5.74, 6) is 0.571. The second-order valence-corrected chi connectivity index (χ2v) is 10.3. The third-order valence-corrected chi connectivity index (χ3v) is 9.01. The van der Waals surface area contributed by atoms with Crippen LogP contribution in [-0.4, -0.2) is 8.32 Å². The fraction of sp³-hybridized carbons (Fsp3) is 0.778. The van der Waals surface area contributed by atoms with Gasteiger partial charge in [-0.25, -0.2) is 0 Å². The predicted molar refractivity (Wildman–Crippen MR) is 94.5 cm³/mol. The van der Waals surface area contributed by atoms with Gasteiger partial charge in [-0.2, -0.15) is 0 Å². The minimum atomic E-state index is -1.48. The first-order valence-corrected chi connectivity index (χ1v) is 11.2. The fourth-order valence-corrected chi connectivity index (χ4v) is 5.18. The van der Waals surface area contributed by atoms with Crippen LogP contribution in [0.3, 0.4) is 0 Å². The Hall–Kier alpha value is -0.503. The molecular weight excluding hydrogens is 260 g/mol. The Morgan fingerprint density at radius 2 is 1.60 bits per heavy atom. The van der Waals surface area contributed by atoms with Crippen molar-refractivity contribution in [2.24, 2.45) is 5.92 Å². The Bertz CT molecular complexity index is 282. The largest absolute Gasteiger partial charge is 0.549 e. The van der Waals surface area contributed by atoms with Crippen LogP contribution in [0.15, 0.2) is 24.0 Å². The molecule has 2 heteroatoms. The maximum absolute atomic E-state index is 6.26. The lowest BCUT2D eigenvalue weighted by molar-refractivity contribution is 0.450. The number of hydrogen-bond donors (Lipinski definition) is 0. The van der Waals surface area contributed by atoms with Crippen LogP contribution in [0.1, 0.15) is 67.2 Å². The van der Waals surface area contributed by atoms with Gasteiger partial charge in [0.05, 0.1) is 6.26 Å². The van der Waals surface area contributed by atoms with Crippen LogP contribution in [-0.2, 0) is 4.43 Å². The molecule has 0 spiro atoms. The van der Waals surface area contributed by atoms with E-state index in [4.69, 9.17) is 4.43 Å². The van der Waals surface area contributed by atoms with Crippen molar-refractivity contribution in [2.75, 3.05) is 0 Å². The zero-order chi connectivity index (χ0) is 15.4. The smallest absolute Gasteiger partial charge is 0.249 e. The maximum atomic E-state index is 6.26. The van der Waals surface area contributed by atoms with Gasteiger partial charge in [-0.05, 0) is 43.5 Å². The Labute approximate surface area is 128 Å². The van der Waals surface area contributed by atoms with Gasteiger partial charge in [0.2, 0.25) is 8.32 Å². The summed E-state index contributed by atoms with van der Waals surface area (Å²) in [6.45, 7) is 13.6. The molecule has 0 N–H and O–H groups in total. The van der Waals surface area contributed by atoms with E-state index in [-0.39, 0.29) is 0 Å². The topological polar surface area (TPSA) is 9.23 Å². The standard InChI is InChI=1S/C18H36OSi/c1-7-13-17(9-3)18(14-8-2)15-16-19-20(10-4,11-5)12-6/h13,15-16,18H,7-12,14H2,1-6H3/b16-15+,17-13+. The van der Waals surface area contributed by atoms with Crippen LogP contribution in [0.25, 0.3) is 0 Å². The molecule has 0 aliphatic rings. The van der Waals surface area contributed by atoms with E-state index < -0.39 is 8.32 Å². The van der Waals surface area contributed by atoms with Crippen molar-refractivity contribution in [3.63, 3.8) is 0 Å². The Balaban J connectivity index is 4.81. The summed E-state index contributed by atoms with van der Waals surface area (Å²) in [4.78, 5) is 0. The molecule has 0 amide bonds. The molecule has 0 saturated heterocycles. The predicted octanol–water partition coefficient (Wildman–Crippen LogP) is 6.68. The second-order valence-electron chi connectivity index (χ2n) is 5.63. The summed E-state index contributed by atoms with van der Waals surface area (Å²) in [7, 11) is -1.48. The summed E-state index contributed by atoms with van der Waals surface area (Å²) in [6, 6.07) is 3.65. The molecule has 1 nitrogen and oxygen atoms in total. The average Bonchev–Trinajstić information content (AvgIpc) is 2.49. The van der Waals surface area contributed by atoms with Crippen molar-refractivity contribution in [2.45, 2.75) is 85.4 Å². The molecule has 0 saturated carbocycles. The Morgan fingerprint density at radius 3 is 2.00 bits per heavy atom. The molecule has 0 aromatic carbocycles. The van der Waals surface area contributed by atoms with Crippen LogP contribution in [0.2, 0.25) is 18.1 Å². The molecule has 0 fully saturated rings. The molecule has 1 atom stereocenters.